The van der Waals surface area contributed by atoms with Gasteiger partial charge in [0.2, 0.25) is 5.76 Å². The van der Waals surface area contributed by atoms with E-state index in [1.807, 2.05) is 0 Å². The number of nitrogen functional groups attached to an aromatic ring is 2. The second kappa shape index (κ2) is 5.83. The summed E-state index contributed by atoms with van der Waals surface area (Å²) in [5.74, 6) is 1.41. The smallest absolute Gasteiger partial charge is 0.374 e. The summed E-state index contributed by atoms with van der Waals surface area (Å²) in [4.78, 5) is 19.5. The third-order valence-electron chi connectivity index (χ3n) is 2.43. The van der Waals surface area contributed by atoms with Crippen LogP contribution in [0.5, 0.6) is 0 Å². The van der Waals surface area contributed by atoms with E-state index in [0.717, 1.165) is 5.56 Å². The molecule has 0 bridgehead atoms. The van der Waals surface area contributed by atoms with Crippen LogP contribution in [0.1, 0.15) is 21.9 Å². The molecule has 20 heavy (non-hydrogen) atoms. The average molecular weight is 294 g/mol. The second-order valence-corrected chi connectivity index (χ2v) is 4.95. The third-order valence-corrected chi connectivity index (χ3v) is 3.30. The van der Waals surface area contributed by atoms with E-state index < -0.39 is 5.97 Å². The molecule has 0 aromatic carbocycles. The molecule has 0 aliphatic heterocycles. The third kappa shape index (κ3) is 3.21. The van der Waals surface area contributed by atoms with E-state index in [1.54, 1.807) is 13.0 Å². The first kappa shape index (κ1) is 14.2. The molecule has 0 saturated carbocycles. The fraction of sp³-hybridized carbons (Fsp3) is 0.250. The van der Waals surface area contributed by atoms with Gasteiger partial charge >= 0.3 is 5.97 Å². The minimum absolute atomic E-state index is 0.205. The molecule has 2 heterocycles. The van der Waals surface area contributed by atoms with Crippen molar-refractivity contribution < 1.29 is 13.9 Å². The highest BCUT2D eigenvalue weighted by atomic mass is 32.2. The van der Waals surface area contributed by atoms with Crippen molar-refractivity contribution in [2.75, 3.05) is 18.6 Å². The highest BCUT2D eigenvalue weighted by molar-refractivity contribution is 7.98. The molecule has 0 aliphatic carbocycles. The largest absolute Gasteiger partial charge is 0.463 e. The first-order valence-corrected chi connectivity index (χ1v) is 6.68. The number of nitrogens with two attached hydrogens (primary N) is 2. The molecule has 2 rings (SSSR count). The van der Waals surface area contributed by atoms with Crippen LogP contribution in [-0.2, 0) is 10.5 Å². The van der Waals surface area contributed by atoms with Gasteiger partial charge in [0.05, 0.1) is 12.9 Å². The summed E-state index contributed by atoms with van der Waals surface area (Å²) in [5, 5.41) is 0.455. The van der Waals surface area contributed by atoms with Gasteiger partial charge in [-0.05, 0) is 13.0 Å². The summed E-state index contributed by atoms with van der Waals surface area (Å²) in [6, 6.07) is 3.26. The predicted molar refractivity (Wildman–Crippen MR) is 75.2 cm³/mol. The van der Waals surface area contributed by atoms with Crippen LogP contribution in [0.4, 0.5) is 11.6 Å². The van der Waals surface area contributed by atoms with E-state index in [1.165, 1.54) is 24.9 Å². The molecule has 106 valence electrons. The van der Waals surface area contributed by atoms with Gasteiger partial charge in [0.25, 0.3) is 0 Å². The Labute approximate surface area is 119 Å². The molecule has 7 nitrogen and oxygen atoms in total. The lowest BCUT2D eigenvalue weighted by Gasteiger charge is -2.01. The van der Waals surface area contributed by atoms with Gasteiger partial charge < -0.3 is 20.6 Å². The zero-order valence-electron chi connectivity index (χ0n) is 11.0. The number of furan rings is 1. The van der Waals surface area contributed by atoms with Gasteiger partial charge in [-0.25, -0.2) is 14.8 Å². The molecular weight excluding hydrogens is 280 g/mol. The average Bonchev–Trinajstić information content (AvgIpc) is 2.76. The highest BCUT2D eigenvalue weighted by Gasteiger charge is 2.16. The first-order valence-electron chi connectivity index (χ1n) is 5.70. The van der Waals surface area contributed by atoms with Crippen molar-refractivity contribution in [1.29, 1.82) is 0 Å². The second-order valence-electron chi connectivity index (χ2n) is 4.01. The van der Waals surface area contributed by atoms with Crippen molar-refractivity contribution in [2.24, 2.45) is 0 Å². The minimum atomic E-state index is -0.497. The fourth-order valence-electron chi connectivity index (χ4n) is 1.58. The van der Waals surface area contributed by atoms with E-state index in [4.69, 9.17) is 15.9 Å². The van der Waals surface area contributed by atoms with Crippen LogP contribution in [0.15, 0.2) is 21.7 Å². The number of ether oxygens (including phenoxy) is 1. The molecule has 0 spiro atoms. The maximum absolute atomic E-state index is 11.4. The molecule has 2 aromatic rings. The predicted octanol–water partition coefficient (Wildman–Crippen LogP) is 1.62. The maximum atomic E-state index is 11.4. The van der Waals surface area contributed by atoms with Crippen molar-refractivity contribution in [3.63, 3.8) is 0 Å². The van der Waals surface area contributed by atoms with E-state index in [0.29, 0.717) is 28.3 Å². The number of aromatic nitrogens is 2. The molecule has 0 atom stereocenters. The Hall–Kier alpha value is -2.22. The molecule has 8 heteroatoms. The molecule has 0 aliphatic rings. The number of hydrogen-bond acceptors (Lipinski definition) is 8. The normalized spacial score (nSPS) is 10.5. The van der Waals surface area contributed by atoms with Crippen LogP contribution in [-0.4, -0.2) is 23.0 Å². The van der Waals surface area contributed by atoms with Gasteiger partial charge in [-0.15, -0.1) is 0 Å². The van der Waals surface area contributed by atoms with E-state index in [9.17, 15) is 4.79 Å². The van der Waals surface area contributed by atoms with Crippen LogP contribution in [0.25, 0.3) is 0 Å². The van der Waals surface area contributed by atoms with Crippen molar-refractivity contribution >= 4 is 29.4 Å². The monoisotopic (exact) mass is 294 g/mol. The number of aryl methyl sites for hydroxylation is 1. The van der Waals surface area contributed by atoms with Crippen molar-refractivity contribution in [2.45, 2.75) is 17.8 Å². The Morgan fingerprint density at radius 1 is 1.35 bits per heavy atom. The Kier molecular flexibility index (Phi) is 4.14. The quantitative estimate of drug-likeness (QED) is 0.496. The van der Waals surface area contributed by atoms with Gasteiger partial charge in [0, 0.05) is 11.6 Å². The highest BCUT2D eigenvalue weighted by Crippen LogP contribution is 2.24. The van der Waals surface area contributed by atoms with E-state index in [-0.39, 0.29) is 5.76 Å². The van der Waals surface area contributed by atoms with Gasteiger partial charge in [0.15, 0.2) is 5.16 Å². The van der Waals surface area contributed by atoms with Crippen molar-refractivity contribution in [1.82, 2.24) is 9.97 Å². The molecule has 4 N–H and O–H groups in total. The maximum Gasteiger partial charge on any atom is 0.374 e. The molecule has 0 saturated heterocycles. The summed E-state index contributed by atoms with van der Waals surface area (Å²) >= 11 is 1.32. The van der Waals surface area contributed by atoms with E-state index in [2.05, 4.69) is 14.7 Å². The van der Waals surface area contributed by atoms with Crippen molar-refractivity contribution in [3.8, 4) is 0 Å². The van der Waals surface area contributed by atoms with Gasteiger partial charge in [-0.1, -0.05) is 11.8 Å². The Balaban J connectivity index is 2.09. The number of carbonyl (C=O) groups excluding carboxylic acids is 1. The van der Waals surface area contributed by atoms with Crippen LogP contribution < -0.4 is 11.5 Å². The van der Waals surface area contributed by atoms with Gasteiger partial charge in [0.1, 0.15) is 17.4 Å². The Bertz CT molecular complexity index is 621. The summed E-state index contributed by atoms with van der Waals surface area (Å²) in [6.07, 6.45) is 0. The SMILES string of the molecule is COC(=O)c1oc(CSc2nc(N)cc(N)n2)cc1C. The number of carbonyl (C=O) groups is 1. The lowest BCUT2D eigenvalue weighted by molar-refractivity contribution is 0.0562. The lowest BCUT2D eigenvalue weighted by Crippen LogP contribution is -2.00. The molecule has 0 amide bonds. The summed E-state index contributed by atoms with van der Waals surface area (Å²) < 4.78 is 10.1. The van der Waals surface area contributed by atoms with Crippen LogP contribution in [0.3, 0.4) is 0 Å². The number of nitrogens with zero attached hydrogens (tertiary/aromatic N) is 2. The van der Waals surface area contributed by atoms with Crippen LogP contribution in [0.2, 0.25) is 0 Å². The Morgan fingerprint density at radius 2 is 2.00 bits per heavy atom. The zero-order valence-corrected chi connectivity index (χ0v) is 11.9. The van der Waals surface area contributed by atoms with Gasteiger partial charge in [-0.2, -0.15) is 0 Å². The number of thioether (sulfide) groups is 1. The number of hydrogen-bond donors (Lipinski definition) is 2. The zero-order chi connectivity index (χ0) is 14.7. The van der Waals surface area contributed by atoms with Crippen LogP contribution >= 0.6 is 11.8 Å². The van der Waals surface area contributed by atoms with Crippen LogP contribution in [0, 0.1) is 6.92 Å². The minimum Gasteiger partial charge on any atom is -0.463 e. The van der Waals surface area contributed by atoms with Crippen molar-refractivity contribution in [3.05, 3.63) is 29.2 Å². The summed E-state index contributed by atoms with van der Waals surface area (Å²) in [5.41, 5.74) is 11.9. The lowest BCUT2D eigenvalue weighted by atomic mass is 10.3. The first-order chi connectivity index (χ1) is 9.49. The molecule has 0 unspecified atom stereocenters. The molecule has 2 aromatic heterocycles. The number of rotatable bonds is 4. The summed E-state index contributed by atoms with van der Waals surface area (Å²) in [7, 11) is 1.31. The molecular formula is C12H14N4O3S. The molecule has 0 radical (unpaired) electrons. The fourth-order valence-corrected chi connectivity index (χ4v) is 2.33. The molecule has 0 fully saturated rings. The summed E-state index contributed by atoms with van der Waals surface area (Å²) in [6.45, 7) is 1.78. The standard InChI is InChI=1S/C12H14N4O3S/c1-6-3-7(19-10(6)11(17)18-2)5-20-12-15-8(13)4-9(14)16-12/h3-4H,5H2,1-2H3,(H4,13,14,15,16). The number of esters is 1. The topological polar surface area (TPSA) is 117 Å². The van der Waals surface area contributed by atoms with E-state index >= 15 is 0 Å². The number of anilines is 2. The Morgan fingerprint density at radius 3 is 2.60 bits per heavy atom. The van der Waals surface area contributed by atoms with Gasteiger partial charge in [-0.3, -0.25) is 0 Å². The number of methoxy groups -OCH3 is 1.